The fraction of sp³-hybridized carbons (Fsp3) is 0.286. The van der Waals surface area contributed by atoms with Gasteiger partial charge in [0, 0.05) is 30.4 Å². The third-order valence-corrected chi connectivity index (χ3v) is 4.86. The van der Waals surface area contributed by atoms with Gasteiger partial charge in [0.25, 0.3) is 0 Å². The minimum absolute atomic E-state index is 0.0444. The normalized spacial score (nSPS) is 13.4. The minimum atomic E-state index is -0.784. The molecule has 28 heavy (non-hydrogen) atoms. The lowest BCUT2D eigenvalue weighted by Crippen LogP contribution is -2.29. The van der Waals surface area contributed by atoms with Crippen molar-refractivity contribution in [1.29, 1.82) is 0 Å². The van der Waals surface area contributed by atoms with Crippen LogP contribution >= 0.6 is 0 Å². The van der Waals surface area contributed by atoms with Crippen molar-refractivity contribution in [3.63, 3.8) is 0 Å². The summed E-state index contributed by atoms with van der Waals surface area (Å²) in [6, 6.07) is 10.5. The first-order valence-electron chi connectivity index (χ1n) is 9.07. The summed E-state index contributed by atoms with van der Waals surface area (Å²) in [6.45, 7) is 4.45. The van der Waals surface area contributed by atoms with E-state index in [-0.39, 0.29) is 5.91 Å². The molecule has 0 unspecified atom stereocenters. The number of amides is 3. The van der Waals surface area contributed by atoms with E-state index in [1.165, 1.54) is 7.11 Å². The molecule has 0 saturated carbocycles. The van der Waals surface area contributed by atoms with E-state index in [1.54, 1.807) is 29.2 Å². The lowest BCUT2D eigenvalue weighted by atomic mass is 10.1. The molecule has 0 spiro atoms. The van der Waals surface area contributed by atoms with E-state index in [9.17, 15) is 14.4 Å². The molecule has 0 atom stereocenters. The molecule has 0 radical (unpaired) electrons. The number of methoxy groups -OCH3 is 1. The number of hydrogen-bond donors (Lipinski definition) is 2. The van der Waals surface area contributed by atoms with Crippen molar-refractivity contribution < 1.29 is 19.1 Å². The first-order chi connectivity index (χ1) is 13.4. The molecule has 1 fully saturated rings. The molecule has 2 N–H and O–H groups in total. The Morgan fingerprint density at radius 1 is 1.07 bits per heavy atom. The third-order valence-electron chi connectivity index (χ3n) is 4.86. The van der Waals surface area contributed by atoms with Gasteiger partial charge in [-0.15, -0.1) is 0 Å². The van der Waals surface area contributed by atoms with Crippen LogP contribution in [0.4, 0.5) is 17.1 Å². The molecule has 146 valence electrons. The topological polar surface area (TPSA) is 87.7 Å². The second-order valence-corrected chi connectivity index (χ2v) is 6.69. The number of carbonyl (C=O) groups is 3. The van der Waals surface area contributed by atoms with Crippen molar-refractivity contribution >= 4 is 34.8 Å². The van der Waals surface area contributed by atoms with Gasteiger partial charge in [0.05, 0.1) is 12.8 Å². The number of rotatable bonds is 4. The molecule has 1 saturated heterocycles. The summed E-state index contributed by atoms with van der Waals surface area (Å²) in [5.41, 5.74) is 3.59. The molecular formula is C21H23N3O4. The van der Waals surface area contributed by atoms with E-state index in [1.807, 2.05) is 26.0 Å². The minimum Gasteiger partial charge on any atom is -0.494 e. The summed E-state index contributed by atoms with van der Waals surface area (Å²) in [4.78, 5) is 38.2. The molecule has 0 aromatic heterocycles. The fourth-order valence-electron chi connectivity index (χ4n) is 3.13. The second-order valence-electron chi connectivity index (χ2n) is 6.69. The lowest BCUT2D eigenvalue weighted by Gasteiger charge is -2.19. The van der Waals surface area contributed by atoms with Gasteiger partial charge in [-0.3, -0.25) is 14.4 Å². The molecular weight excluding hydrogens is 358 g/mol. The highest BCUT2D eigenvalue weighted by Crippen LogP contribution is 2.33. The average Bonchev–Trinajstić information content (AvgIpc) is 3.11. The van der Waals surface area contributed by atoms with Gasteiger partial charge in [-0.25, -0.2) is 0 Å². The van der Waals surface area contributed by atoms with Gasteiger partial charge in [-0.2, -0.15) is 0 Å². The largest absolute Gasteiger partial charge is 0.494 e. The number of anilines is 3. The Bertz CT molecular complexity index is 939. The number of carbonyl (C=O) groups excluding carboxylic acids is 3. The quantitative estimate of drug-likeness (QED) is 0.797. The Morgan fingerprint density at radius 3 is 2.50 bits per heavy atom. The van der Waals surface area contributed by atoms with Crippen LogP contribution in [0.2, 0.25) is 0 Å². The Labute approximate surface area is 163 Å². The maximum atomic E-state index is 12.3. The van der Waals surface area contributed by atoms with Crippen LogP contribution in [-0.4, -0.2) is 31.4 Å². The highest BCUT2D eigenvalue weighted by molar-refractivity contribution is 6.43. The van der Waals surface area contributed by atoms with Crippen LogP contribution in [0.5, 0.6) is 5.75 Å². The fourth-order valence-corrected chi connectivity index (χ4v) is 3.13. The number of nitrogens with zero attached hydrogens (tertiary/aromatic N) is 1. The predicted octanol–water partition coefficient (Wildman–Crippen LogP) is 3.02. The van der Waals surface area contributed by atoms with Gasteiger partial charge in [-0.05, 0) is 49.6 Å². The van der Waals surface area contributed by atoms with Crippen LogP contribution in [0.15, 0.2) is 36.4 Å². The van der Waals surface area contributed by atoms with Gasteiger partial charge in [0.1, 0.15) is 5.75 Å². The molecule has 2 aromatic rings. The van der Waals surface area contributed by atoms with E-state index < -0.39 is 11.8 Å². The predicted molar refractivity (Wildman–Crippen MR) is 108 cm³/mol. The monoisotopic (exact) mass is 381 g/mol. The van der Waals surface area contributed by atoms with E-state index >= 15 is 0 Å². The maximum Gasteiger partial charge on any atom is 0.314 e. The highest BCUT2D eigenvalue weighted by Gasteiger charge is 2.25. The molecule has 0 bridgehead atoms. The van der Waals surface area contributed by atoms with Crippen LogP contribution in [-0.2, 0) is 14.4 Å². The molecule has 0 aliphatic carbocycles. The number of aryl methyl sites for hydroxylation is 1. The highest BCUT2D eigenvalue weighted by atomic mass is 16.5. The van der Waals surface area contributed by atoms with Gasteiger partial charge < -0.3 is 20.3 Å². The summed E-state index contributed by atoms with van der Waals surface area (Å²) in [5, 5.41) is 5.19. The molecule has 7 heteroatoms. The number of nitrogens with one attached hydrogen (secondary N) is 2. The van der Waals surface area contributed by atoms with Crippen molar-refractivity contribution in [2.24, 2.45) is 0 Å². The Balaban J connectivity index is 1.72. The molecule has 1 aliphatic heterocycles. The molecule has 7 nitrogen and oxygen atoms in total. The molecule has 2 aromatic carbocycles. The lowest BCUT2D eigenvalue weighted by molar-refractivity contribution is -0.133. The summed E-state index contributed by atoms with van der Waals surface area (Å²) < 4.78 is 5.37. The van der Waals surface area contributed by atoms with Crippen LogP contribution in [0.1, 0.15) is 24.0 Å². The third kappa shape index (κ3) is 3.98. The van der Waals surface area contributed by atoms with Gasteiger partial charge in [-0.1, -0.05) is 12.1 Å². The number of benzene rings is 2. The van der Waals surface area contributed by atoms with Crippen LogP contribution in [0.25, 0.3) is 0 Å². The van der Waals surface area contributed by atoms with Gasteiger partial charge >= 0.3 is 11.8 Å². The van der Waals surface area contributed by atoms with Gasteiger partial charge in [0.15, 0.2) is 0 Å². The number of ether oxygens (including phenoxy) is 1. The maximum absolute atomic E-state index is 12.3. The first-order valence-corrected chi connectivity index (χ1v) is 9.07. The van der Waals surface area contributed by atoms with Crippen molar-refractivity contribution in [2.75, 3.05) is 29.2 Å². The molecule has 1 aliphatic rings. The molecule has 3 rings (SSSR count). The van der Waals surface area contributed by atoms with Crippen molar-refractivity contribution in [2.45, 2.75) is 26.7 Å². The Morgan fingerprint density at radius 2 is 1.82 bits per heavy atom. The van der Waals surface area contributed by atoms with E-state index in [0.29, 0.717) is 35.8 Å². The average molecular weight is 381 g/mol. The van der Waals surface area contributed by atoms with E-state index in [0.717, 1.165) is 17.5 Å². The zero-order valence-electron chi connectivity index (χ0n) is 16.2. The van der Waals surface area contributed by atoms with Gasteiger partial charge in [0.2, 0.25) is 5.91 Å². The summed E-state index contributed by atoms with van der Waals surface area (Å²) >= 11 is 0. The standard InChI is InChI=1S/C21H23N3O4/c1-13-6-4-7-16(14(13)2)23-21(27)20(26)22-15-9-10-17(18(12-15)28-3)24-11-5-8-19(24)25/h4,6-7,9-10,12H,5,8,11H2,1-3H3,(H,22,26)(H,23,27). The Hall–Kier alpha value is -3.35. The van der Waals surface area contributed by atoms with Crippen molar-refractivity contribution in [1.82, 2.24) is 0 Å². The first kappa shape index (κ1) is 19.4. The summed E-state index contributed by atoms with van der Waals surface area (Å²) in [5.74, 6) is -1.04. The summed E-state index contributed by atoms with van der Waals surface area (Å²) in [6.07, 6.45) is 1.32. The SMILES string of the molecule is COc1cc(NC(=O)C(=O)Nc2cccc(C)c2C)ccc1N1CCCC1=O. The van der Waals surface area contributed by atoms with Crippen LogP contribution < -0.4 is 20.3 Å². The van der Waals surface area contributed by atoms with Crippen molar-refractivity contribution in [3.05, 3.63) is 47.5 Å². The second kappa shape index (κ2) is 8.12. The smallest absolute Gasteiger partial charge is 0.314 e. The summed E-state index contributed by atoms with van der Waals surface area (Å²) in [7, 11) is 1.50. The zero-order chi connectivity index (χ0) is 20.3. The Kier molecular flexibility index (Phi) is 5.63. The van der Waals surface area contributed by atoms with Crippen LogP contribution in [0.3, 0.4) is 0 Å². The van der Waals surface area contributed by atoms with Crippen molar-refractivity contribution in [3.8, 4) is 5.75 Å². The van der Waals surface area contributed by atoms with Crippen LogP contribution in [0, 0.1) is 13.8 Å². The van der Waals surface area contributed by atoms with E-state index in [2.05, 4.69) is 10.6 Å². The number of hydrogen-bond acceptors (Lipinski definition) is 4. The molecule has 3 amide bonds. The zero-order valence-corrected chi connectivity index (χ0v) is 16.2. The molecule has 1 heterocycles. The van der Waals surface area contributed by atoms with E-state index in [4.69, 9.17) is 4.74 Å².